The van der Waals surface area contributed by atoms with Crippen LogP contribution < -0.4 is 35.8 Å². The summed E-state index contributed by atoms with van der Waals surface area (Å²) in [6.45, 7) is 3.01. The third-order valence-electron chi connectivity index (χ3n) is 10.6. The number of benzene rings is 3. The highest BCUT2D eigenvalue weighted by atomic mass is 16.6. The molecule has 49 heavy (non-hydrogen) atoms. The number of rotatable bonds is 8. The first-order chi connectivity index (χ1) is 23.9. The van der Waals surface area contributed by atoms with Crippen molar-refractivity contribution >= 4 is 29.4 Å². The Kier molecular flexibility index (Phi) is 9.25. The van der Waals surface area contributed by atoms with Gasteiger partial charge in [0, 0.05) is 92.6 Å². The van der Waals surface area contributed by atoms with E-state index in [1.165, 1.54) is 0 Å². The Morgan fingerprint density at radius 1 is 0.735 bits per heavy atom. The van der Waals surface area contributed by atoms with E-state index >= 15 is 0 Å². The van der Waals surface area contributed by atoms with E-state index in [4.69, 9.17) is 9.47 Å². The number of carbonyl (C=O) groups excluding carboxylic acids is 3. The predicted octanol–water partition coefficient (Wildman–Crippen LogP) is 5.61. The van der Waals surface area contributed by atoms with Gasteiger partial charge in [-0.25, -0.2) is 14.4 Å². The molecule has 7 rings (SSSR count). The highest BCUT2D eigenvalue weighted by molar-refractivity contribution is 5.97. The van der Waals surface area contributed by atoms with E-state index in [1.54, 1.807) is 14.1 Å². The molecule has 4 aliphatic heterocycles. The quantitative estimate of drug-likeness (QED) is 0.231. The number of piperidine rings is 2. The lowest BCUT2D eigenvalue weighted by atomic mass is 9.77. The number of esters is 1. The number of nitrogens with zero attached hydrogens (tertiary/aromatic N) is 2. The number of carbonyl (C=O) groups is 3. The summed E-state index contributed by atoms with van der Waals surface area (Å²) in [5, 5.41) is 11.1. The summed E-state index contributed by atoms with van der Waals surface area (Å²) in [6, 6.07) is 20.4. The summed E-state index contributed by atoms with van der Waals surface area (Å²) in [6.07, 6.45) is 8.24. The van der Waals surface area contributed by atoms with Gasteiger partial charge in [0.25, 0.3) is 0 Å². The van der Waals surface area contributed by atoms with Crippen LogP contribution in [0.3, 0.4) is 0 Å². The van der Waals surface area contributed by atoms with E-state index in [1.807, 2.05) is 24.3 Å². The summed E-state index contributed by atoms with van der Waals surface area (Å²) in [4.78, 5) is 42.0. The zero-order valence-corrected chi connectivity index (χ0v) is 28.3. The van der Waals surface area contributed by atoms with Gasteiger partial charge in [-0.15, -0.1) is 0 Å². The van der Waals surface area contributed by atoms with Gasteiger partial charge in [0.15, 0.2) is 5.60 Å². The lowest BCUT2D eigenvalue weighted by Crippen LogP contribution is -2.43. The fraction of sp³-hybridized carbons (Fsp3) is 0.447. The van der Waals surface area contributed by atoms with Crippen molar-refractivity contribution in [3.63, 3.8) is 0 Å². The number of fused-ring (bicyclic) bond motifs is 6. The average molecular weight is 667 g/mol. The summed E-state index contributed by atoms with van der Waals surface area (Å²) in [5.74, 6) is 0.996. The van der Waals surface area contributed by atoms with E-state index in [2.05, 4.69) is 67.5 Å². The number of hydrogen-bond donors (Lipinski definition) is 4. The SMILES string of the molecule is CNC(=O)NCCC1CCCCN1c1ccc2c(c1)Oc1cc(N3CCCCC3CCNC(=O)NC)ccc1C21OC(=O)c2ccccc21. The highest BCUT2D eigenvalue weighted by Gasteiger charge is 2.53. The average Bonchev–Trinajstić information content (AvgIpc) is 3.43. The van der Waals surface area contributed by atoms with Crippen LogP contribution in [-0.2, 0) is 10.3 Å². The molecule has 0 bridgehead atoms. The second kappa shape index (κ2) is 13.9. The van der Waals surface area contributed by atoms with Crippen LogP contribution in [0.15, 0.2) is 60.7 Å². The van der Waals surface area contributed by atoms with E-state index in [0.717, 1.165) is 92.5 Å². The maximum atomic E-state index is 13.5. The largest absolute Gasteiger partial charge is 0.456 e. The molecule has 11 heteroatoms. The lowest BCUT2D eigenvalue weighted by Gasteiger charge is -2.41. The molecular weight excluding hydrogens is 620 g/mol. The van der Waals surface area contributed by atoms with Crippen LogP contribution in [0.1, 0.15) is 78.4 Å². The van der Waals surface area contributed by atoms with Crippen LogP contribution in [0.2, 0.25) is 0 Å². The van der Waals surface area contributed by atoms with E-state index < -0.39 is 5.60 Å². The summed E-state index contributed by atoms with van der Waals surface area (Å²) in [7, 11) is 3.25. The molecule has 4 amide bonds. The van der Waals surface area contributed by atoms with Crippen molar-refractivity contribution in [2.75, 3.05) is 50.1 Å². The molecule has 3 aromatic carbocycles. The molecule has 1 spiro atoms. The van der Waals surface area contributed by atoms with Gasteiger partial charge in [-0.2, -0.15) is 0 Å². The van der Waals surface area contributed by atoms with Gasteiger partial charge in [-0.1, -0.05) is 18.2 Å². The third kappa shape index (κ3) is 6.11. The smallest absolute Gasteiger partial charge is 0.340 e. The minimum Gasteiger partial charge on any atom is -0.456 e. The fourth-order valence-corrected chi connectivity index (χ4v) is 8.17. The molecular formula is C38H46N6O5. The monoisotopic (exact) mass is 666 g/mol. The zero-order chi connectivity index (χ0) is 34.0. The van der Waals surface area contributed by atoms with Crippen molar-refractivity contribution in [3.8, 4) is 11.5 Å². The van der Waals surface area contributed by atoms with Gasteiger partial charge in [-0.05, 0) is 81.7 Å². The summed E-state index contributed by atoms with van der Waals surface area (Å²) < 4.78 is 13.3. The molecule has 2 atom stereocenters. The molecule has 4 N–H and O–H groups in total. The van der Waals surface area contributed by atoms with Crippen molar-refractivity contribution in [1.82, 2.24) is 21.3 Å². The molecule has 3 aromatic rings. The molecule has 4 heterocycles. The molecule has 2 saturated heterocycles. The first kappa shape index (κ1) is 32.6. The normalized spacial score (nSPS) is 22.3. The maximum Gasteiger partial charge on any atom is 0.340 e. The Balaban J connectivity index is 1.25. The van der Waals surface area contributed by atoms with E-state index in [9.17, 15) is 14.4 Å². The number of ether oxygens (including phenoxy) is 2. The van der Waals surface area contributed by atoms with Crippen molar-refractivity contribution < 1.29 is 23.9 Å². The highest BCUT2D eigenvalue weighted by Crippen LogP contribution is 2.57. The van der Waals surface area contributed by atoms with Crippen molar-refractivity contribution in [2.45, 2.75) is 69.1 Å². The van der Waals surface area contributed by atoms with Gasteiger partial charge < -0.3 is 40.5 Å². The van der Waals surface area contributed by atoms with Gasteiger partial charge in [0.2, 0.25) is 0 Å². The van der Waals surface area contributed by atoms with Crippen LogP contribution in [0, 0.1) is 0 Å². The number of urea groups is 2. The Labute approximate surface area is 287 Å². The molecule has 2 unspecified atom stereocenters. The van der Waals surface area contributed by atoms with E-state index in [0.29, 0.717) is 30.2 Å². The Morgan fingerprint density at radius 3 is 1.80 bits per heavy atom. The number of amides is 4. The van der Waals surface area contributed by atoms with Crippen molar-refractivity contribution in [2.24, 2.45) is 0 Å². The first-order valence-electron chi connectivity index (χ1n) is 17.7. The van der Waals surface area contributed by atoms with Gasteiger partial charge in [-0.3, -0.25) is 0 Å². The second-order valence-corrected chi connectivity index (χ2v) is 13.4. The first-order valence-corrected chi connectivity index (χ1v) is 17.7. The standard InChI is InChI=1S/C38H46N6O5/c1-39-36(46)41-19-17-25-9-5-7-21-43(25)27-13-15-31-33(23-27)48-34-24-28(44-22-8-6-10-26(44)18-20-42-37(47)40-2)14-16-32(34)38(31)30-12-4-3-11-29(30)35(45)49-38/h3-4,11-16,23-26H,5-10,17-22H2,1-2H3,(H2,39,41,46)(H2,40,42,47). The Bertz CT molecular complexity index is 1640. The van der Waals surface area contributed by atoms with Crippen LogP contribution in [0.4, 0.5) is 21.0 Å². The molecule has 0 saturated carbocycles. The summed E-state index contributed by atoms with van der Waals surface area (Å²) in [5.41, 5.74) is 3.96. The van der Waals surface area contributed by atoms with Crippen LogP contribution in [0.25, 0.3) is 0 Å². The minimum absolute atomic E-state index is 0.171. The molecule has 0 radical (unpaired) electrons. The van der Waals surface area contributed by atoms with Crippen LogP contribution in [0.5, 0.6) is 11.5 Å². The fourth-order valence-electron chi connectivity index (χ4n) is 8.17. The Hall–Kier alpha value is -4.93. The van der Waals surface area contributed by atoms with Gasteiger partial charge in [0.1, 0.15) is 11.5 Å². The van der Waals surface area contributed by atoms with Crippen molar-refractivity contribution in [3.05, 3.63) is 82.9 Å². The van der Waals surface area contributed by atoms with Crippen LogP contribution in [-0.4, -0.2) is 70.4 Å². The molecule has 0 aromatic heterocycles. The van der Waals surface area contributed by atoms with Gasteiger partial charge >= 0.3 is 18.0 Å². The number of anilines is 2. The Morgan fingerprint density at radius 2 is 1.27 bits per heavy atom. The molecule has 0 aliphatic carbocycles. The maximum absolute atomic E-state index is 13.5. The van der Waals surface area contributed by atoms with Crippen LogP contribution >= 0.6 is 0 Å². The second-order valence-electron chi connectivity index (χ2n) is 13.4. The number of nitrogens with one attached hydrogen (secondary N) is 4. The molecule has 4 aliphatic rings. The number of hydrogen-bond acceptors (Lipinski definition) is 7. The topological polar surface area (TPSA) is 124 Å². The van der Waals surface area contributed by atoms with E-state index in [-0.39, 0.29) is 30.1 Å². The minimum atomic E-state index is -1.13. The lowest BCUT2D eigenvalue weighted by molar-refractivity contribution is 0.0224. The third-order valence-corrected chi connectivity index (χ3v) is 10.6. The molecule has 258 valence electrons. The predicted molar refractivity (Wildman–Crippen MR) is 189 cm³/mol. The van der Waals surface area contributed by atoms with Gasteiger partial charge in [0.05, 0.1) is 5.56 Å². The zero-order valence-electron chi connectivity index (χ0n) is 28.3. The summed E-state index contributed by atoms with van der Waals surface area (Å²) >= 11 is 0. The molecule has 2 fully saturated rings. The molecule has 11 nitrogen and oxygen atoms in total. The van der Waals surface area contributed by atoms with Crippen molar-refractivity contribution in [1.29, 1.82) is 0 Å².